The molecule has 0 bridgehead atoms. The van der Waals surface area contributed by atoms with Crippen molar-refractivity contribution in [1.29, 1.82) is 0 Å². The maximum absolute atomic E-state index is 3.83. The molecule has 23 heavy (non-hydrogen) atoms. The fourth-order valence-electron chi connectivity index (χ4n) is 3.17. The average Bonchev–Trinajstić information content (AvgIpc) is 2.61. The largest absolute Gasteiger partial charge is 0.362 e. The number of benzene rings is 2. The quantitative estimate of drug-likeness (QED) is 0.584. The summed E-state index contributed by atoms with van der Waals surface area (Å²) in [5.41, 5.74) is 2.15. The van der Waals surface area contributed by atoms with Crippen LogP contribution in [0.2, 0.25) is 0 Å². The number of anilines is 2. The second kappa shape index (κ2) is 8.05. The van der Waals surface area contributed by atoms with Gasteiger partial charge in [0.15, 0.2) is 0 Å². The molecule has 2 heteroatoms. The van der Waals surface area contributed by atoms with Crippen LogP contribution in [0.5, 0.6) is 0 Å². The van der Waals surface area contributed by atoms with Gasteiger partial charge in [-0.25, -0.2) is 0 Å². The van der Waals surface area contributed by atoms with Gasteiger partial charge in [-0.05, 0) is 48.9 Å². The maximum atomic E-state index is 3.83. The van der Waals surface area contributed by atoms with Crippen LogP contribution in [-0.4, -0.2) is 5.66 Å². The monoisotopic (exact) mass is 310 g/mol. The number of para-hydroxylation sites is 2. The lowest BCUT2D eigenvalue weighted by atomic mass is 9.79. The molecule has 124 valence electrons. The standard InChI is InChI=1S/C21H30N2/c1-5-17(3)21(18(4)6-2,22-19-13-9-7-10-14-19)23-20-15-11-8-12-16-20/h7-18,22-23H,5-6H2,1-4H3. The van der Waals surface area contributed by atoms with Crippen LogP contribution in [0.25, 0.3) is 0 Å². The summed E-state index contributed by atoms with van der Waals surface area (Å²) in [7, 11) is 0. The highest BCUT2D eigenvalue weighted by atomic mass is 15.2. The molecule has 2 unspecified atom stereocenters. The van der Waals surface area contributed by atoms with Gasteiger partial charge in [0.05, 0.1) is 0 Å². The molecule has 0 aliphatic rings. The molecular weight excluding hydrogens is 280 g/mol. The first-order chi connectivity index (χ1) is 11.1. The van der Waals surface area contributed by atoms with Gasteiger partial charge in [-0.15, -0.1) is 0 Å². The highest BCUT2D eigenvalue weighted by Crippen LogP contribution is 2.35. The molecule has 0 saturated heterocycles. The van der Waals surface area contributed by atoms with Crippen molar-refractivity contribution in [2.75, 3.05) is 10.6 Å². The van der Waals surface area contributed by atoms with Crippen LogP contribution in [0, 0.1) is 11.8 Å². The van der Waals surface area contributed by atoms with Gasteiger partial charge in [-0.3, -0.25) is 0 Å². The first-order valence-electron chi connectivity index (χ1n) is 8.78. The summed E-state index contributed by atoms with van der Waals surface area (Å²) < 4.78 is 0. The smallest absolute Gasteiger partial charge is 0.113 e. The molecule has 0 aromatic heterocycles. The van der Waals surface area contributed by atoms with Gasteiger partial charge in [0.1, 0.15) is 5.66 Å². The van der Waals surface area contributed by atoms with Crippen LogP contribution < -0.4 is 10.6 Å². The van der Waals surface area contributed by atoms with Crippen LogP contribution in [0.1, 0.15) is 40.5 Å². The second-order valence-corrected chi connectivity index (χ2v) is 6.47. The van der Waals surface area contributed by atoms with Gasteiger partial charge in [-0.2, -0.15) is 0 Å². The molecule has 0 amide bonds. The van der Waals surface area contributed by atoms with Gasteiger partial charge in [-0.1, -0.05) is 64.1 Å². The molecule has 0 spiro atoms. The summed E-state index contributed by atoms with van der Waals surface area (Å²) >= 11 is 0. The first kappa shape index (κ1) is 17.4. The zero-order valence-corrected chi connectivity index (χ0v) is 14.8. The van der Waals surface area contributed by atoms with Gasteiger partial charge in [0, 0.05) is 11.4 Å². The molecule has 0 radical (unpaired) electrons. The summed E-state index contributed by atoms with van der Waals surface area (Å²) in [5.74, 6) is 0.968. The Kier molecular flexibility index (Phi) is 6.09. The zero-order chi connectivity index (χ0) is 16.7. The number of hydrogen-bond donors (Lipinski definition) is 2. The van der Waals surface area contributed by atoms with Crippen molar-refractivity contribution in [3.8, 4) is 0 Å². The zero-order valence-electron chi connectivity index (χ0n) is 14.8. The fourth-order valence-corrected chi connectivity index (χ4v) is 3.17. The third-order valence-corrected chi connectivity index (χ3v) is 5.03. The van der Waals surface area contributed by atoms with E-state index >= 15 is 0 Å². The summed E-state index contributed by atoms with van der Waals surface area (Å²) in [4.78, 5) is 0. The lowest BCUT2D eigenvalue weighted by Gasteiger charge is -2.46. The van der Waals surface area contributed by atoms with E-state index in [0.29, 0.717) is 11.8 Å². The van der Waals surface area contributed by atoms with E-state index in [-0.39, 0.29) is 5.66 Å². The van der Waals surface area contributed by atoms with E-state index in [4.69, 9.17) is 0 Å². The highest BCUT2D eigenvalue weighted by molar-refractivity contribution is 5.52. The molecular formula is C21H30N2. The lowest BCUT2D eigenvalue weighted by molar-refractivity contribution is 0.246. The van der Waals surface area contributed by atoms with Gasteiger partial charge >= 0.3 is 0 Å². The van der Waals surface area contributed by atoms with Crippen LogP contribution in [-0.2, 0) is 0 Å². The maximum Gasteiger partial charge on any atom is 0.113 e. The number of hydrogen-bond acceptors (Lipinski definition) is 2. The van der Waals surface area contributed by atoms with Crippen LogP contribution in [0.4, 0.5) is 11.4 Å². The van der Waals surface area contributed by atoms with E-state index in [2.05, 4.69) is 99.0 Å². The normalized spacial score (nSPS) is 14.1. The average molecular weight is 310 g/mol. The summed E-state index contributed by atoms with van der Waals surface area (Å²) in [5, 5.41) is 7.66. The number of rotatable bonds is 8. The Morgan fingerprint density at radius 2 is 1.04 bits per heavy atom. The predicted molar refractivity (Wildman–Crippen MR) is 102 cm³/mol. The van der Waals surface area contributed by atoms with Gasteiger partial charge in [0.25, 0.3) is 0 Å². The van der Waals surface area contributed by atoms with E-state index in [0.717, 1.165) is 24.2 Å². The summed E-state index contributed by atoms with van der Waals surface area (Å²) in [6, 6.07) is 21.0. The molecule has 2 aromatic rings. The van der Waals surface area contributed by atoms with Crippen LogP contribution >= 0.6 is 0 Å². The SMILES string of the molecule is CCC(C)C(Nc1ccccc1)(Nc1ccccc1)C(C)CC. The third kappa shape index (κ3) is 4.07. The van der Waals surface area contributed by atoms with Crippen LogP contribution in [0.15, 0.2) is 60.7 Å². The van der Waals surface area contributed by atoms with Gasteiger partial charge in [0.2, 0.25) is 0 Å². The first-order valence-corrected chi connectivity index (χ1v) is 8.78. The predicted octanol–water partition coefficient (Wildman–Crippen LogP) is 6.00. The highest BCUT2D eigenvalue weighted by Gasteiger charge is 2.39. The van der Waals surface area contributed by atoms with E-state index in [9.17, 15) is 0 Å². The van der Waals surface area contributed by atoms with Crippen molar-refractivity contribution in [2.45, 2.75) is 46.2 Å². The molecule has 2 aromatic carbocycles. The van der Waals surface area contributed by atoms with E-state index in [1.807, 2.05) is 0 Å². The number of nitrogens with one attached hydrogen (secondary N) is 2. The Morgan fingerprint density at radius 3 is 1.35 bits per heavy atom. The van der Waals surface area contributed by atoms with Crippen molar-refractivity contribution < 1.29 is 0 Å². The van der Waals surface area contributed by atoms with Crippen molar-refractivity contribution in [2.24, 2.45) is 11.8 Å². The second-order valence-electron chi connectivity index (χ2n) is 6.47. The Morgan fingerprint density at radius 1 is 0.696 bits per heavy atom. The van der Waals surface area contributed by atoms with E-state index < -0.39 is 0 Å². The fraction of sp³-hybridized carbons (Fsp3) is 0.429. The molecule has 0 aliphatic carbocycles. The molecule has 2 nitrogen and oxygen atoms in total. The van der Waals surface area contributed by atoms with Crippen molar-refractivity contribution in [1.82, 2.24) is 0 Å². The van der Waals surface area contributed by atoms with Crippen molar-refractivity contribution in [3.63, 3.8) is 0 Å². The Bertz CT molecular complexity index is 511. The van der Waals surface area contributed by atoms with E-state index in [1.54, 1.807) is 0 Å². The molecule has 2 rings (SSSR count). The van der Waals surface area contributed by atoms with Crippen molar-refractivity contribution in [3.05, 3.63) is 60.7 Å². The Labute approximate surface area is 141 Å². The Hall–Kier alpha value is -1.96. The topological polar surface area (TPSA) is 24.1 Å². The minimum Gasteiger partial charge on any atom is -0.362 e. The minimum absolute atomic E-state index is 0.174. The molecule has 0 saturated carbocycles. The van der Waals surface area contributed by atoms with E-state index in [1.165, 1.54) is 0 Å². The lowest BCUT2D eigenvalue weighted by Crippen LogP contribution is -2.56. The Balaban J connectivity index is 2.41. The van der Waals surface area contributed by atoms with Gasteiger partial charge < -0.3 is 10.6 Å². The molecule has 2 atom stereocenters. The van der Waals surface area contributed by atoms with Crippen molar-refractivity contribution >= 4 is 11.4 Å². The summed E-state index contributed by atoms with van der Waals surface area (Å²) in [6.45, 7) is 9.19. The molecule has 0 fully saturated rings. The minimum atomic E-state index is -0.174. The molecule has 2 N–H and O–H groups in total. The van der Waals surface area contributed by atoms with Crippen LogP contribution in [0.3, 0.4) is 0 Å². The summed E-state index contributed by atoms with van der Waals surface area (Å²) in [6.07, 6.45) is 2.23. The molecule has 0 heterocycles. The molecule has 0 aliphatic heterocycles. The third-order valence-electron chi connectivity index (χ3n) is 5.03.